The molecule has 1 atom stereocenters. The molecular weight excluding hydrogens is 382 g/mol. The molecule has 2 fully saturated rings. The monoisotopic (exact) mass is 413 g/mol. The summed E-state index contributed by atoms with van der Waals surface area (Å²) in [6, 6.07) is 5.88. The summed E-state index contributed by atoms with van der Waals surface area (Å²) in [5.41, 5.74) is 2.55. The third-order valence-corrected chi connectivity index (χ3v) is 8.14. The Morgan fingerprint density at radius 3 is 2.59 bits per heavy atom. The second-order valence-corrected chi connectivity index (χ2v) is 9.84. The standard InChI is InChI=1S/C20H31N3O2S.ClH/c24-26(25,20-9-8-17-5-3-6-18(17)15-20)23(19-7-4-10-21-16-19)14-13-22-11-1-2-12-22;/h8-9,15,19,21H,1-7,10-14,16H2;1H. The molecule has 7 heteroatoms. The van der Waals surface area contributed by atoms with Crippen molar-refractivity contribution in [3.8, 4) is 0 Å². The summed E-state index contributed by atoms with van der Waals surface area (Å²) in [6.45, 7) is 5.43. The Bertz CT molecular complexity index is 729. The molecule has 1 N–H and O–H groups in total. The van der Waals surface area contributed by atoms with Crippen LogP contribution in [0.5, 0.6) is 0 Å². The second-order valence-electron chi connectivity index (χ2n) is 7.95. The van der Waals surface area contributed by atoms with Crippen LogP contribution in [0.3, 0.4) is 0 Å². The topological polar surface area (TPSA) is 52.7 Å². The molecule has 0 bridgehead atoms. The maximum atomic E-state index is 13.5. The Morgan fingerprint density at radius 1 is 1.07 bits per heavy atom. The molecule has 1 aromatic rings. The average molecular weight is 414 g/mol. The van der Waals surface area contributed by atoms with E-state index in [9.17, 15) is 8.42 Å². The molecule has 0 saturated carbocycles. The largest absolute Gasteiger partial charge is 0.315 e. The molecule has 1 unspecified atom stereocenters. The van der Waals surface area contributed by atoms with Crippen LogP contribution >= 0.6 is 12.4 Å². The van der Waals surface area contributed by atoms with E-state index < -0.39 is 10.0 Å². The van der Waals surface area contributed by atoms with E-state index >= 15 is 0 Å². The van der Waals surface area contributed by atoms with Crippen LogP contribution in [0.25, 0.3) is 0 Å². The third-order valence-electron chi connectivity index (χ3n) is 6.19. The highest BCUT2D eigenvalue weighted by molar-refractivity contribution is 7.89. The minimum atomic E-state index is -3.45. The number of nitrogens with one attached hydrogen (secondary N) is 1. The number of likely N-dealkylation sites (tertiary alicyclic amines) is 1. The number of hydrogen-bond acceptors (Lipinski definition) is 4. The van der Waals surface area contributed by atoms with Crippen molar-refractivity contribution >= 4 is 22.4 Å². The molecular formula is C20H32ClN3O2S. The van der Waals surface area contributed by atoms with E-state index in [-0.39, 0.29) is 18.4 Å². The molecule has 27 heavy (non-hydrogen) atoms. The van der Waals surface area contributed by atoms with Gasteiger partial charge in [0.2, 0.25) is 10.0 Å². The first-order valence-corrected chi connectivity index (χ1v) is 11.7. The highest BCUT2D eigenvalue weighted by Crippen LogP contribution is 2.28. The Labute approximate surface area is 170 Å². The summed E-state index contributed by atoms with van der Waals surface area (Å²) in [6.07, 6.45) is 7.72. The van der Waals surface area contributed by atoms with E-state index in [0.29, 0.717) is 11.4 Å². The summed E-state index contributed by atoms with van der Waals surface area (Å²) < 4.78 is 28.8. The minimum absolute atomic E-state index is 0. The molecule has 0 radical (unpaired) electrons. The molecule has 4 rings (SSSR count). The SMILES string of the molecule is Cl.O=S(=O)(c1ccc2c(c1)CCC2)N(CCN1CCCC1)C1CCCNC1. The lowest BCUT2D eigenvalue weighted by Crippen LogP contribution is -2.50. The predicted molar refractivity (Wildman–Crippen MR) is 111 cm³/mol. The van der Waals surface area contributed by atoms with Crippen LogP contribution in [0.1, 0.15) is 43.2 Å². The molecule has 2 heterocycles. The molecule has 5 nitrogen and oxygen atoms in total. The summed E-state index contributed by atoms with van der Waals surface area (Å²) >= 11 is 0. The van der Waals surface area contributed by atoms with Gasteiger partial charge in [0.15, 0.2) is 0 Å². The highest BCUT2D eigenvalue weighted by Gasteiger charge is 2.33. The normalized spacial score (nSPS) is 23.4. The Kier molecular flexibility index (Phi) is 7.20. The average Bonchev–Trinajstić information content (AvgIpc) is 3.33. The number of halogens is 1. The van der Waals surface area contributed by atoms with Crippen LogP contribution in [0.2, 0.25) is 0 Å². The van der Waals surface area contributed by atoms with Crippen molar-refractivity contribution in [1.29, 1.82) is 0 Å². The summed E-state index contributed by atoms with van der Waals surface area (Å²) in [4.78, 5) is 2.90. The smallest absolute Gasteiger partial charge is 0.243 e. The van der Waals surface area contributed by atoms with E-state index in [0.717, 1.165) is 64.8 Å². The van der Waals surface area contributed by atoms with Crippen LogP contribution in [-0.4, -0.2) is 62.9 Å². The van der Waals surface area contributed by atoms with Crippen LogP contribution in [0.15, 0.2) is 23.1 Å². The highest BCUT2D eigenvalue weighted by atomic mass is 35.5. The number of aryl methyl sites for hydroxylation is 2. The van der Waals surface area contributed by atoms with Gasteiger partial charge < -0.3 is 10.2 Å². The Balaban J connectivity index is 0.00000210. The molecule has 1 aliphatic carbocycles. The van der Waals surface area contributed by atoms with Crippen LogP contribution < -0.4 is 5.32 Å². The number of fused-ring (bicyclic) bond motifs is 1. The van der Waals surface area contributed by atoms with Gasteiger partial charge in [0, 0.05) is 25.7 Å². The van der Waals surface area contributed by atoms with Crippen LogP contribution in [-0.2, 0) is 22.9 Å². The summed E-state index contributed by atoms with van der Waals surface area (Å²) in [7, 11) is -3.45. The van der Waals surface area contributed by atoms with Crippen molar-refractivity contribution in [3.05, 3.63) is 29.3 Å². The molecule has 0 aromatic heterocycles. The van der Waals surface area contributed by atoms with Gasteiger partial charge in [-0.2, -0.15) is 4.31 Å². The lowest BCUT2D eigenvalue weighted by atomic mass is 10.1. The van der Waals surface area contributed by atoms with E-state index in [1.54, 1.807) is 4.31 Å². The number of sulfonamides is 1. The number of benzene rings is 1. The van der Waals surface area contributed by atoms with Gasteiger partial charge in [0.1, 0.15) is 0 Å². The van der Waals surface area contributed by atoms with Gasteiger partial charge in [-0.25, -0.2) is 8.42 Å². The van der Waals surface area contributed by atoms with E-state index in [1.807, 2.05) is 18.2 Å². The van der Waals surface area contributed by atoms with Gasteiger partial charge >= 0.3 is 0 Å². The fourth-order valence-corrected chi connectivity index (χ4v) is 6.36. The first kappa shape index (κ1) is 21.1. The third kappa shape index (κ3) is 4.67. The van der Waals surface area contributed by atoms with Crippen molar-refractivity contribution in [3.63, 3.8) is 0 Å². The molecule has 0 amide bonds. The maximum absolute atomic E-state index is 13.5. The zero-order valence-corrected chi connectivity index (χ0v) is 17.7. The lowest BCUT2D eigenvalue weighted by molar-refractivity contribution is 0.231. The number of nitrogens with zero attached hydrogens (tertiary/aromatic N) is 2. The first-order chi connectivity index (χ1) is 12.6. The molecule has 0 spiro atoms. The quantitative estimate of drug-likeness (QED) is 0.778. The first-order valence-electron chi connectivity index (χ1n) is 10.2. The lowest BCUT2D eigenvalue weighted by Gasteiger charge is -2.34. The van der Waals surface area contributed by atoms with Gasteiger partial charge in [-0.05, 0) is 87.8 Å². The van der Waals surface area contributed by atoms with Crippen molar-refractivity contribution in [2.75, 3.05) is 39.3 Å². The number of piperidine rings is 1. The van der Waals surface area contributed by atoms with Gasteiger partial charge in [0.05, 0.1) is 4.90 Å². The fourth-order valence-electron chi connectivity index (χ4n) is 4.67. The zero-order valence-electron chi connectivity index (χ0n) is 16.0. The molecule has 152 valence electrons. The molecule has 2 saturated heterocycles. The van der Waals surface area contributed by atoms with Gasteiger partial charge in [-0.1, -0.05) is 6.07 Å². The Hall–Kier alpha value is -0.660. The molecule has 2 aliphatic heterocycles. The van der Waals surface area contributed by atoms with Crippen molar-refractivity contribution < 1.29 is 8.42 Å². The maximum Gasteiger partial charge on any atom is 0.243 e. The van der Waals surface area contributed by atoms with E-state index in [4.69, 9.17) is 0 Å². The van der Waals surface area contributed by atoms with Crippen molar-refractivity contribution in [2.45, 2.75) is 55.9 Å². The van der Waals surface area contributed by atoms with Gasteiger partial charge in [0.25, 0.3) is 0 Å². The number of rotatable bonds is 6. The number of hydrogen-bond donors (Lipinski definition) is 1. The zero-order chi connectivity index (χ0) is 18.0. The van der Waals surface area contributed by atoms with Crippen molar-refractivity contribution in [1.82, 2.24) is 14.5 Å². The second kappa shape index (κ2) is 9.23. The summed E-state index contributed by atoms with van der Waals surface area (Å²) in [5.74, 6) is 0. The molecule has 3 aliphatic rings. The fraction of sp³-hybridized carbons (Fsp3) is 0.700. The predicted octanol–water partition coefficient (Wildman–Crippen LogP) is 2.44. The Morgan fingerprint density at radius 2 is 1.85 bits per heavy atom. The van der Waals surface area contributed by atoms with Gasteiger partial charge in [-0.3, -0.25) is 0 Å². The summed E-state index contributed by atoms with van der Waals surface area (Å²) in [5, 5.41) is 3.39. The van der Waals surface area contributed by atoms with Crippen LogP contribution in [0.4, 0.5) is 0 Å². The van der Waals surface area contributed by atoms with Crippen LogP contribution in [0, 0.1) is 0 Å². The minimum Gasteiger partial charge on any atom is -0.315 e. The van der Waals surface area contributed by atoms with E-state index in [1.165, 1.54) is 24.0 Å². The molecule has 1 aromatic carbocycles. The van der Waals surface area contributed by atoms with Crippen molar-refractivity contribution in [2.24, 2.45) is 0 Å². The van der Waals surface area contributed by atoms with E-state index in [2.05, 4.69) is 10.2 Å². The van der Waals surface area contributed by atoms with Gasteiger partial charge in [-0.15, -0.1) is 12.4 Å².